The fourth-order valence-electron chi connectivity index (χ4n) is 2.37. The van der Waals surface area contributed by atoms with E-state index >= 15 is 0 Å². The van der Waals surface area contributed by atoms with Gasteiger partial charge in [0.1, 0.15) is 11.9 Å². The lowest BCUT2D eigenvalue weighted by Gasteiger charge is -2.13. The minimum Gasteiger partial charge on any atom is -0.452 e. The number of pyridine rings is 2. The number of ether oxygens (including phenoxy) is 2. The number of anilines is 2. The molecular weight excluding hydrogens is 426 g/mol. The standard InChI is InChI=1S/C19H23N5O4S2/c1-12-15(5-3-6-20-12)28-16-9-13(29-8-4-7-27-2)10-21-18(16)23-19-22-17(24-30-19)14(26)11-25/h3,5-6,9-10,14,25-26H,4,7-8,11H2,1-2H3,(H,21,22,23,24)/t14-/m1/s1. The Kier molecular flexibility index (Phi) is 8.34. The Hall–Kier alpha value is -2.31. The minimum atomic E-state index is -1.12. The zero-order chi connectivity index (χ0) is 21.3. The molecule has 0 bridgehead atoms. The SMILES string of the molecule is COCCCSc1cnc(Nc2nc([C@H](O)CO)ns2)c(Oc2cccnc2C)c1. The highest BCUT2D eigenvalue weighted by atomic mass is 32.2. The summed E-state index contributed by atoms with van der Waals surface area (Å²) in [6, 6.07) is 5.55. The average molecular weight is 450 g/mol. The average Bonchev–Trinajstić information content (AvgIpc) is 3.22. The van der Waals surface area contributed by atoms with E-state index in [4.69, 9.17) is 14.6 Å². The van der Waals surface area contributed by atoms with Gasteiger partial charge in [-0.15, -0.1) is 11.8 Å². The number of aromatic nitrogens is 4. The summed E-state index contributed by atoms with van der Waals surface area (Å²) in [6.45, 7) is 2.13. The number of aliphatic hydroxyl groups is 2. The van der Waals surface area contributed by atoms with Crippen molar-refractivity contribution in [2.75, 3.05) is 31.4 Å². The van der Waals surface area contributed by atoms with Gasteiger partial charge < -0.3 is 25.0 Å². The Morgan fingerprint density at radius 3 is 2.93 bits per heavy atom. The van der Waals surface area contributed by atoms with Crippen LogP contribution in [0.15, 0.2) is 35.5 Å². The molecule has 0 aliphatic rings. The summed E-state index contributed by atoms with van der Waals surface area (Å²) < 4.78 is 15.2. The van der Waals surface area contributed by atoms with Gasteiger partial charge >= 0.3 is 0 Å². The molecule has 0 aromatic carbocycles. The summed E-state index contributed by atoms with van der Waals surface area (Å²) in [4.78, 5) is 13.9. The molecule has 0 unspecified atom stereocenters. The van der Waals surface area contributed by atoms with E-state index in [0.717, 1.165) is 34.3 Å². The van der Waals surface area contributed by atoms with E-state index in [2.05, 4.69) is 24.6 Å². The molecule has 3 heterocycles. The minimum absolute atomic E-state index is 0.154. The molecule has 160 valence electrons. The van der Waals surface area contributed by atoms with Crippen LogP contribution in [0.25, 0.3) is 0 Å². The summed E-state index contributed by atoms with van der Waals surface area (Å²) in [7, 11) is 1.69. The van der Waals surface area contributed by atoms with Crippen molar-refractivity contribution in [3.63, 3.8) is 0 Å². The van der Waals surface area contributed by atoms with Gasteiger partial charge in [-0.1, -0.05) is 0 Å². The first-order valence-electron chi connectivity index (χ1n) is 9.21. The Balaban J connectivity index is 1.83. The van der Waals surface area contributed by atoms with Crippen molar-refractivity contribution < 1.29 is 19.7 Å². The van der Waals surface area contributed by atoms with Gasteiger partial charge in [0.05, 0.1) is 12.3 Å². The first-order valence-corrected chi connectivity index (χ1v) is 11.0. The molecule has 0 saturated carbocycles. The molecule has 3 aromatic rings. The number of aliphatic hydroxyl groups excluding tert-OH is 2. The summed E-state index contributed by atoms with van der Waals surface area (Å²) in [5.74, 6) is 2.65. The van der Waals surface area contributed by atoms with Crippen molar-refractivity contribution in [2.24, 2.45) is 0 Å². The van der Waals surface area contributed by atoms with Gasteiger partial charge in [0.2, 0.25) is 5.13 Å². The van der Waals surface area contributed by atoms with Crippen molar-refractivity contribution in [3.05, 3.63) is 42.1 Å². The lowest BCUT2D eigenvalue weighted by atomic mass is 10.3. The number of methoxy groups -OCH3 is 1. The number of aryl methyl sites for hydroxylation is 1. The summed E-state index contributed by atoms with van der Waals surface area (Å²) >= 11 is 2.72. The molecule has 3 N–H and O–H groups in total. The largest absolute Gasteiger partial charge is 0.452 e. The van der Waals surface area contributed by atoms with Gasteiger partial charge in [-0.3, -0.25) is 4.98 Å². The molecule has 3 aromatic heterocycles. The van der Waals surface area contributed by atoms with Gasteiger partial charge in [-0.05, 0) is 31.5 Å². The van der Waals surface area contributed by atoms with Crippen LogP contribution < -0.4 is 10.1 Å². The highest BCUT2D eigenvalue weighted by Gasteiger charge is 2.16. The topological polar surface area (TPSA) is 123 Å². The predicted molar refractivity (Wildman–Crippen MR) is 116 cm³/mol. The van der Waals surface area contributed by atoms with Crippen LogP contribution in [-0.2, 0) is 4.74 Å². The summed E-state index contributed by atoms with van der Waals surface area (Å²) in [5.41, 5.74) is 0.755. The van der Waals surface area contributed by atoms with E-state index in [0.29, 0.717) is 29.1 Å². The maximum atomic E-state index is 9.69. The predicted octanol–water partition coefficient (Wildman–Crippen LogP) is 3.33. The molecule has 1 atom stereocenters. The van der Waals surface area contributed by atoms with Gasteiger partial charge in [0.15, 0.2) is 17.4 Å². The van der Waals surface area contributed by atoms with Crippen LogP contribution in [0.2, 0.25) is 0 Å². The molecule has 0 fully saturated rings. The number of rotatable bonds is 11. The van der Waals surface area contributed by atoms with Crippen LogP contribution in [0.5, 0.6) is 11.5 Å². The molecule has 30 heavy (non-hydrogen) atoms. The van der Waals surface area contributed by atoms with E-state index < -0.39 is 12.7 Å². The van der Waals surface area contributed by atoms with Crippen molar-refractivity contribution in [2.45, 2.75) is 24.3 Å². The third-order valence-corrected chi connectivity index (χ3v) is 5.60. The second-order valence-corrected chi connectivity index (χ2v) is 8.10. The first-order chi connectivity index (χ1) is 14.6. The van der Waals surface area contributed by atoms with Gasteiger partial charge in [-0.25, -0.2) is 9.97 Å². The fourth-order valence-corrected chi connectivity index (χ4v) is 3.80. The zero-order valence-electron chi connectivity index (χ0n) is 16.6. The molecule has 0 radical (unpaired) electrons. The Labute approximate surface area is 182 Å². The zero-order valence-corrected chi connectivity index (χ0v) is 18.2. The van der Waals surface area contributed by atoms with Crippen molar-refractivity contribution in [1.82, 2.24) is 19.3 Å². The van der Waals surface area contributed by atoms with Crippen molar-refractivity contribution >= 4 is 34.2 Å². The maximum Gasteiger partial charge on any atom is 0.208 e. The fraction of sp³-hybridized carbons (Fsp3) is 0.368. The van der Waals surface area contributed by atoms with Gasteiger partial charge in [0, 0.05) is 48.3 Å². The molecular formula is C19H23N5O4S2. The van der Waals surface area contributed by atoms with E-state index in [1.807, 2.05) is 19.1 Å². The molecule has 9 nitrogen and oxygen atoms in total. The van der Waals surface area contributed by atoms with Gasteiger partial charge in [-0.2, -0.15) is 4.37 Å². The van der Waals surface area contributed by atoms with Crippen LogP contribution in [-0.4, -0.2) is 55.6 Å². The Morgan fingerprint density at radius 2 is 2.17 bits per heavy atom. The quantitative estimate of drug-likeness (QED) is 0.297. The third kappa shape index (κ3) is 6.09. The number of nitrogens with zero attached hydrogens (tertiary/aromatic N) is 4. The molecule has 0 aliphatic heterocycles. The number of hydrogen-bond acceptors (Lipinski definition) is 11. The normalized spacial score (nSPS) is 12.0. The molecule has 0 aliphatic carbocycles. The van der Waals surface area contributed by atoms with Crippen LogP contribution in [0.3, 0.4) is 0 Å². The second-order valence-electron chi connectivity index (χ2n) is 6.18. The van der Waals surface area contributed by atoms with E-state index in [1.54, 1.807) is 37.3 Å². The highest BCUT2D eigenvalue weighted by molar-refractivity contribution is 7.99. The van der Waals surface area contributed by atoms with Gasteiger partial charge in [0.25, 0.3) is 0 Å². The summed E-state index contributed by atoms with van der Waals surface area (Å²) in [5, 5.41) is 22.3. The lowest BCUT2D eigenvalue weighted by Crippen LogP contribution is -2.04. The van der Waals surface area contributed by atoms with E-state index in [1.165, 1.54) is 0 Å². The molecule has 0 saturated heterocycles. The highest BCUT2D eigenvalue weighted by Crippen LogP contribution is 2.35. The molecule has 0 amide bonds. The van der Waals surface area contributed by atoms with Crippen LogP contribution in [0.1, 0.15) is 24.0 Å². The van der Waals surface area contributed by atoms with Crippen LogP contribution >= 0.6 is 23.3 Å². The Bertz CT molecular complexity index is 956. The summed E-state index contributed by atoms with van der Waals surface area (Å²) in [6.07, 6.45) is 3.27. The number of nitrogens with one attached hydrogen (secondary N) is 1. The van der Waals surface area contributed by atoms with E-state index in [-0.39, 0.29) is 5.82 Å². The van der Waals surface area contributed by atoms with Crippen molar-refractivity contribution in [1.29, 1.82) is 0 Å². The van der Waals surface area contributed by atoms with E-state index in [9.17, 15) is 5.11 Å². The van der Waals surface area contributed by atoms with Crippen molar-refractivity contribution in [3.8, 4) is 11.5 Å². The second kappa shape index (κ2) is 11.2. The number of hydrogen-bond donors (Lipinski definition) is 3. The number of thioether (sulfide) groups is 1. The van der Waals surface area contributed by atoms with Crippen LogP contribution in [0.4, 0.5) is 10.9 Å². The Morgan fingerprint density at radius 1 is 1.30 bits per heavy atom. The third-order valence-electron chi connectivity index (χ3n) is 3.91. The smallest absolute Gasteiger partial charge is 0.208 e. The van der Waals surface area contributed by atoms with Crippen LogP contribution in [0, 0.1) is 6.92 Å². The molecule has 3 rings (SSSR count). The molecule has 0 spiro atoms. The maximum absolute atomic E-state index is 9.69. The first kappa shape index (κ1) is 22.4. The lowest BCUT2D eigenvalue weighted by molar-refractivity contribution is 0.0897. The monoisotopic (exact) mass is 449 g/mol. The molecule has 11 heteroatoms.